The second-order valence-corrected chi connectivity index (χ2v) is 6.02. The molecule has 1 fully saturated rings. The SMILES string of the molecule is O=C(COC(=O)c1cccc(N2C(=O)CCC2=O)c1)Nc1ccc(F)c(F)c1F. The van der Waals surface area contributed by atoms with Crippen molar-refractivity contribution < 1.29 is 37.1 Å². The Bertz CT molecular complexity index is 1010. The van der Waals surface area contributed by atoms with Crippen molar-refractivity contribution in [3.63, 3.8) is 0 Å². The number of nitrogens with one attached hydrogen (secondary N) is 1. The van der Waals surface area contributed by atoms with Crippen molar-refractivity contribution in [1.82, 2.24) is 0 Å². The summed E-state index contributed by atoms with van der Waals surface area (Å²) in [5.41, 5.74) is -0.444. The van der Waals surface area contributed by atoms with Gasteiger partial charge in [-0.3, -0.25) is 19.3 Å². The summed E-state index contributed by atoms with van der Waals surface area (Å²) in [6, 6.07) is 6.96. The van der Waals surface area contributed by atoms with Gasteiger partial charge in [0.05, 0.1) is 16.9 Å². The minimum atomic E-state index is -1.75. The number of carbonyl (C=O) groups excluding carboxylic acids is 4. The van der Waals surface area contributed by atoms with Crippen LogP contribution in [0.4, 0.5) is 24.5 Å². The number of anilines is 2. The first-order chi connectivity index (χ1) is 13.8. The molecule has 0 aromatic heterocycles. The highest BCUT2D eigenvalue weighted by atomic mass is 19.2. The van der Waals surface area contributed by atoms with Gasteiger partial charge in [0.2, 0.25) is 11.8 Å². The van der Waals surface area contributed by atoms with Crippen LogP contribution in [0.25, 0.3) is 0 Å². The highest BCUT2D eigenvalue weighted by molar-refractivity contribution is 6.20. The zero-order valence-corrected chi connectivity index (χ0v) is 14.7. The van der Waals surface area contributed by atoms with Crippen molar-refractivity contribution in [1.29, 1.82) is 0 Å². The van der Waals surface area contributed by atoms with Crippen LogP contribution in [-0.4, -0.2) is 30.3 Å². The molecule has 0 aliphatic carbocycles. The molecular weight excluding hydrogens is 393 g/mol. The van der Waals surface area contributed by atoms with Crippen LogP contribution >= 0.6 is 0 Å². The van der Waals surface area contributed by atoms with Gasteiger partial charge in [0.1, 0.15) is 0 Å². The number of halogens is 3. The highest BCUT2D eigenvalue weighted by Crippen LogP contribution is 2.24. The Morgan fingerprint density at radius 3 is 2.38 bits per heavy atom. The topological polar surface area (TPSA) is 92.8 Å². The van der Waals surface area contributed by atoms with Crippen molar-refractivity contribution in [2.75, 3.05) is 16.8 Å². The van der Waals surface area contributed by atoms with Crippen molar-refractivity contribution in [2.24, 2.45) is 0 Å². The van der Waals surface area contributed by atoms with Crippen LogP contribution in [0, 0.1) is 17.5 Å². The number of hydrogen-bond donors (Lipinski definition) is 1. The van der Waals surface area contributed by atoms with Gasteiger partial charge in [-0.2, -0.15) is 0 Å². The van der Waals surface area contributed by atoms with E-state index in [9.17, 15) is 32.3 Å². The molecule has 0 saturated carbocycles. The Hall–Kier alpha value is -3.69. The minimum absolute atomic E-state index is 0.0261. The van der Waals surface area contributed by atoms with Crippen LogP contribution in [-0.2, 0) is 19.1 Å². The lowest BCUT2D eigenvalue weighted by molar-refractivity contribution is -0.121. The van der Waals surface area contributed by atoms with E-state index in [1.54, 1.807) is 0 Å². The molecule has 1 N–H and O–H groups in total. The molecule has 0 unspecified atom stereocenters. The zero-order chi connectivity index (χ0) is 21.1. The molecule has 0 radical (unpaired) electrons. The van der Waals surface area contributed by atoms with E-state index in [0.29, 0.717) is 6.07 Å². The van der Waals surface area contributed by atoms with Gasteiger partial charge in [-0.15, -0.1) is 0 Å². The van der Waals surface area contributed by atoms with Gasteiger partial charge in [0.15, 0.2) is 24.1 Å². The third kappa shape index (κ3) is 4.26. The molecule has 29 heavy (non-hydrogen) atoms. The van der Waals surface area contributed by atoms with E-state index in [2.05, 4.69) is 0 Å². The second kappa shape index (κ2) is 8.13. The number of nitrogens with zero attached hydrogens (tertiary/aromatic N) is 1. The second-order valence-electron chi connectivity index (χ2n) is 6.02. The van der Waals surface area contributed by atoms with E-state index in [-0.39, 0.29) is 24.1 Å². The lowest BCUT2D eigenvalue weighted by Crippen LogP contribution is -2.28. The number of amides is 3. The molecule has 150 valence electrons. The van der Waals surface area contributed by atoms with Crippen LogP contribution in [0.2, 0.25) is 0 Å². The summed E-state index contributed by atoms with van der Waals surface area (Å²) in [7, 11) is 0. The Balaban J connectivity index is 1.63. The molecule has 0 bridgehead atoms. The highest BCUT2D eigenvalue weighted by Gasteiger charge is 2.30. The summed E-state index contributed by atoms with van der Waals surface area (Å²) >= 11 is 0. The smallest absolute Gasteiger partial charge is 0.338 e. The summed E-state index contributed by atoms with van der Waals surface area (Å²) in [5.74, 6) is -7.46. The lowest BCUT2D eigenvalue weighted by atomic mass is 10.2. The van der Waals surface area contributed by atoms with Crippen molar-refractivity contribution in [3.8, 4) is 0 Å². The van der Waals surface area contributed by atoms with Crippen molar-refractivity contribution >= 4 is 35.1 Å². The maximum atomic E-state index is 13.5. The molecule has 2 aromatic rings. The van der Waals surface area contributed by atoms with Gasteiger partial charge in [-0.05, 0) is 30.3 Å². The van der Waals surface area contributed by atoms with Crippen molar-refractivity contribution in [2.45, 2.75) is 12.8 Å². The summed E-state index contributed by atoms with van der Waals surface area (Å²) in [4.78, 5) is 48.4. The van der Waals surface area contributed by atoms with Gasteiger partial charge in [-0.1, -0.05) is 6.07 Å². The van der Waals surface area contributed by atoms with Crippen LogP contribution in [0.1, 0.15) is 23.2 Å². The third-order valence-corrected chi connectivity index (χ3v) is 4.04. The maximum absolute atomic E-state index is 13.5. The minimum Gasteiger partial charge on any atom is -0.452 e. The molecule has 0 spiro atoms. The summed E-state index contributed by atoms with van der Waals surface area (Å²) in [5, 5.41) is 1.96. The molecule has 10 heteroatoms. The van der Waals surface area contributed by atoms with E-state index in [1.165, 1.54) is 24.3 Å². The average Bonchev–Trinajstić information content (AvgIpc) is 3.05. The molecule has 1 aliphatic heterocycles. The Kier molecular flexibility index (Phi) is 5.62. The predicted molar refractivity (Wildman–Crippen MR) is 93.4 cm³/mol. The quantitative estimate of drug-likeness (QED) is 0.468. The first-order valence-electron chi connectivity index (χ1n) is 8.34. The Labute approximate surface area is 162 Å². The van der Waals surface area contributed by atoms with E-state index in [1.807, 2.05) is 5.32 Å². The number of carbonyl (C=O) groups is 4. The summed E-state index contributed by atoms with van der Waals surface area (Å²) in [6.45, 7) is -0.830. The normalized spacial score (nSPS) is 13.6. The molecule has 7 nitrogen and oxygen atoms in total. The number of benzene rings is 2. The van der Waals surface area contributed by atoms with Gasteiger partial charge in [0, 0.05) is 12.8 Å². The fourth-order valence-corrected chi connectivity index (χ4v) is 2.66. The van der Waals surface area contributed by atoms with Gasteiger partial charge in [0.25, 0.3) is 5.91 Å². The largest absolute Gasteiger partial charge is 0.452 e. The van der Waals surface area contributed by atoms with Crippen molar-refractivity contribution in [3.05, 3.63) is 59.4 Å². The van der Waals surface area contributed by atoms with Crippen LogP contribution in [0.3, 0.4) is 0 Å². The van der Waals surface area contributed by atoms with E-state index < -0.39 is 53.4 Å². The average molecular weight is 406 g/mol. The Morgan fingerprint density at radius 1 is 1.00 bits per heavy atom. The van der Waals surface area contributed by atoms with Gasteiger partial charge < -0.3 is 10.1 Å². The van der Waals surface area contributed by atoms with Gasteiger partial charge in [-0.25, -0.2) is 18.0 Å². The number of imide groups is 1. The molecule has 3 rings (SSSR count). The predicted octanol–water partition coefficient (Wildman–Crippen LogP) is 2.55. The Morgan fingerprint density at radius 2 is 1.69 bits per heavy atom. The molecule has 3 amide bonds. The third-order valence-electron chi connectivity index (χ3n) is 4.04. The van der Waals surface area contributed by atoms with Crippen LogP contribution < -0.4 is 10.2 Å². The molecular formula is C19H13F3N2O5. The number of ether oxygens (including phenoxy) is 1. The summed E-state index contributed by atoms with van der Waals surface area (Å²) in [6.07, 6.45) is 0.155. The number of rotatable bonds is 5. The summed E-state index contributed by atoms with van der Waals surface area (Å²) < 4.78 is 44.4. The van der Waals surface area contributed by atoms with E-state index in [0.717, 1.165) is 11.0 Å². The molecule has 0 atom stereocenters. The molecule has 2 aromatic carbocycles. The molecule has 1 heterocycles. The first kappa shape index (κ1) is 20.1. The monoisotopic (exact) mass is 406 g/mol. The first-order valence-corrected chi connectivity index (χ1v) is 8.34. The number of esters is 1. The molecule has 1 aliphatic rings. The fraction of sp³-hybridized carbons (Fsp3) is 0.158. The lowest BCUT2D eigenvalue weighted by Gasteiger charge is -2.14. The fourth-order valence-electron chi connectivity index (χ4n) is 2.66. The van der Waals surface area contributed by atoms with Crippen LogP contribution in [0.5, 0.6) is 0 Å². The van der Waals surface area contributed by atoms with E-state index in [4.69, 9.17) is 4.74 Å². The standard InChI is InChI=1S/C19H13F3N2O5/c20-12-4-5-13(18(22)17(12)21)23-14(25)9-29-19(28)10-2-1-3-11(8-10)24-15(26)6-7-16(24)27/h1-5,8H,6-7,9H2,(H,23,25). The molecule has 1 saturated heterocycles. The zero-order valence-electron chi connectivity index (χ0n) is 14.7. The van der Waals surface area contributed by atoms with E-state index >= 15 is 0 Å². The number of hydrogen-bond acceptors (Lipinski definition) is 5. The maximum Gasteiger partial charge on any atom is 0.338 e. The van der Waals surface area contributed by atoms with Crippen LogP contribution in [0.15, 0.2) is 36.4 Å². The van der Waals surface area contributed by atoms with Gasteiger partial charge >= 0.3 is 5.97 Å².